The van der Waals surface area contributed by atoms with Gasteiger partial charge < -0.3 is 9.47 Å². The first-order valence-electron chi connectivity index (χ1n) is 6.06. The average molecular weight is 232 g/mol. The molecule has 17 heavy (non-hydrogen) atoms. The minimum Gasteiger partial charge on any atom is -0.372 e. The molecule has 2 aliphatic rings. The van der Waals surface area contributed by atoms with Crippen molar-refractivity contribution in [2.75, 3.05) is 13.2 Å². The molecule has 1 aromatic rings. The molecule has 0 spiro atoms. The van der Waals surface area contributed by atoms with Crippen LogP contribution in [0.5, 0.6) is 0 Å². The number of Topliss-reactive ketones (excluding diaryl/α,β-unsaturated/α-hetero) is 1. The number of ketones is 1. The van der Waals surface area contributed by atoms with E-state index in [1.54, 1.807) is 0 Å². The first-order valence-corrected chi connectivity index (χ1v) is 6.06. The summed E-state index contributed by atoms with van der Waals surface area (Å²) in [5, 5.41) is 0. The molecule has 0 saturated carbocycles. The SMILES string of the molecule is C[C@]1([C@]2(C(=O)c3ccccc3)CO2)CCCO1. The highest BCUT2D eigenvalue weighted by Crippen LogP contribution is 2.48. The van der Waals surface area contributed by atoms with Gasteiger partial charge in [0.05, 0.1) is 6.61 Å². The molecule has 0 amide bonds. The topological polar surface area (TPSA) is 38.8 Å². The smallest absolute Gasteiger partial charge is 0.200 e. The second kappa shape index (κ2) is 3.65. The van der Waals surface area contributed by atoms with E-state index in [9.17, 15) is 4.79 Å². The molecule has 0 radical (unpaired) electrons. The van der Waals surface area contributed by atoms with E-state index in [2.05, 4.69) is 0 Å². The fraction of sp³-hybridized carbons (Fsp3) is 0.500. The van der Waals surface area contributed by atoms with Crippen LogP contribution >= 0.6 is 0 Å². The molecule has 3 heteroatoms. The highest BCUT2D eigenvalue weighted by molar-refractivity contribution is 6.05. The van der Waals surface area contributed by atoms with E-state index in [-0.39, 0.29) is 5.78 Å². The Labute approximate surface area is 101 Å². The van der Waals surface area contributed by atoms with Gasteiger partial charge >= 0.3 is 0 Å². The first kappa shape index (κ1) is 10.9. The van der Waals surface area contributed by atoms with Crippen molar-refractivity contribution in [1.82, 2.24) is 0 Å². The first-order chi connectivity index (χ1) is 8.18. The summed E-state index contributed by atoms with van der Waals surface area (Å²) in [5.41, 5.74) is -0.466. The molecular formula is C14H16O3. The highest BCUT2D eigenvalue weighted by atomic mass is 16.6. The van der Waals surface area contributed by atoms with Gasteiger partial charge in [-0.1, -0.05) is 30.3 Å². The zero-order valence-electron chi connectivity index (χ0n) is 9.94. The molecular weight excluding hydrogens is 216 g/mol. The summed E-state index contributed by atoms with van der Waals surface area (Å²) in [6.45, 7) is 3.20. The molecule has 90 valence electrons. The largest absolute Gasteiger partial charge is 0.372 e. The third-order valence-corrected chi connectivity index (χ3v) is 3.91. The van der Waals surface area contributed by atoms with Crippen LogP contribution in [0.3, 0.4) is 0 Å². The fourth-order valence-electron chi connectivity index (χ4n) is 2.67. The number of hydrogen-bond acceptors (Lipinski definition) is 3. The second-order valence-corrected chi connectivity index (χ2v) is 4.99. The molecule has 0 aromatic heterocycles. The van der Waals surface area contributed by atoms with E-state index in [4.69, 9.17) is 9.47 Å². The molecule has 0 bridgehead atoms. The summed E-state index contributed by atoms with van der Waals surface area (Å²) in [6, 6.07) is 9.33. The van der Waals surface area contributed by atoms with Gasteiger partial charge in [0.15, 0.2) is 11.4 Å². The van der Waals surface area contributed by atoms with Gasteiger partial charge in [-0.25, -0.2) is 0 Å². The standard InChI is InChI=1S/C14H16O3/c1-13(8-5-9-16-13)14(10-17-14)12(15)11-6-3-2-4-7-11/h2-4,6-7H,5,8-10H2,1H3/t13-,14-/m1/s1. The molecule has 2 heterocycles. The molecule has 2 aliphatic heterocycles. The Morgan fingerprint density at radius 1 is 1.24 bits per heavy atom. The van der Waals surface area contributed by atoms with Crippen molar-refractivity contribution >= 4 is 5.78 Å². The third-order valence-electron chi connectivity index (χ3n) is 3.91. The minimum absolute atomic E-state index is 0.0579. The van der Waals surface area contributed by atoms with E-state index >= 15 is 0 Å². The van der Waals surface area contributed by atoms with Crippen molar-refractivity contribution in [3.8, 4) is 0 Å². The van der Waals surface area contributed by atoms with Gasteiger partial charge in [0.2, 0.25) is 0 Å². The van der Waals surface area contributed by atoms with Crippen LogP contribution in [0, 0.1) is 0 Å². The monoisotopic (exact) mass is 232 g/mol. The molecule has 2 fully saturated rings. The number of carbonyl (C=O) groups is 1. The van der Waals surface area contributed by atoms with Crippen LogP contribution in [-0.4, -0.2) is 30.2 Å². The van der Waals surface area contributed by atoms with Crippen molar-refractivity contribution < 1.29 is 14.3 Å². The van der Waals surface area contributed by atoms with Gasteiger partial charge in [0, 0.05) is 12.2 Å². The number of carbonyl (C=O) groups excluding carboxylic acids is 1. The van der Waals surface area contributed by atoms with E-state index in [0.717, 1.165) is 19.4 Å². The summed E-state index contributed by atoms with van der Waals surface area (Å²) in [7, 11) is 0. The van der Waals surface area contributed by atoms with Crippen molar-refractivity contribution in [3.05, 3.63) is 35.9 Å². The summed E-state index contributed by atoms with van der Waals surface area (Å²) in [5.74, 6) is 0.0579. The second-order valence-electron chi connectivity index (χ2n) is 4.99. The maximum absolute atomic E-state index is 12.5. The van der Waals surface area contributed by atoms with Crippen LogP contribution in [0.25, 0.3) is 0 Å². The molecule has 2 saturated heterocycles. The van der Waals surface area contributed by atoms with Crippen LogP contribution in [0.1, 0.15) is 30.1 Å². The predicted octanol–water partition coefficient (Wildman–Crippen LogP) is 2.21. The number of hydrogen-bond donors (Lipinski definition) is 0. The van der Waals surface area contributed by atoms with Crippen LogP contribution in [0.15, 0.2) is 30.3 Å². The van der Waals surface area contributed by atoms with Gasteiger partial charge in [0.1, 0.15) is 5.60 Å². The zero-order valence-corrected chi connectivity index (χ0v) is 9.94. The summed E-state index contributed by atoms with van der Waals surface area (Å²) < 4.78 is 11.3. The third kappa shape index (κ3) is 1.53. The van der Waals surface area contributed by atoms with Gasteiger partial charge in [-0.05, 0) is 19.8 Å². The van der Waals surface area contributed by atoms with Crippen LogP contribution in [0.2, 0.25) is 0 Å². The Balaban J connectivity index is 1.91. The zero-order chi connectivity index (χ0) is 11.9. The van der Waals surface area contributed by atoms with Crippen LogP contribution < -0.4 is 0 Å². The van der Waals surface area contributed by atoms with Crippen LogP contribution in [-0.2, 0) is 9.47 Å². The Morgan fingerprint density at radius 2 is 1.94 bits per heavy atom. The maximum Gasteiger partial charge on any atom is 0.200 e. The van der Waals surface area contributed by atoms with Crippen molar-refractivity contribution in [2.45, 2.75) is 31.0 Å². The maximum atomic E-state index is 12.5. The summed E-state index contributed by atoms with van der Waals surface area (Å²) in [4.78, 5) is 12.5. The molecule has 1 aromatic carbocycles. The Bertz CT molecular complexity index is 428. The Morgan fingerprint density at radius 3 is 2.47 bits per heavy atom. The molecule has 0 aliphatic carbocycles. The summed E-state index contributed by atoms with van der Waals surface area (Å²) in [6.07, 6.45) is 1.90. The molecule has 0 N–H and O–H groups in total. The lowest BCUT2D eigenvalue weighted by molar-refractivity contribution is -0.0345. The quantitative estimate of drug-likeness (QED) is 0.592. The molecule has 0 unspecified atom stereocenters. The Kier molecular flexibility index (Phi) is 2.35. The van der Waals surface area contributed by atoms with Gasteiger partial charge in [-0.15, -0.1) is 0 Å². The average Bonchev–Trinajstić information content (AvgIpc) is 3.08. The number of ether oxygens (including phenoxy) is 2. The molecule has 2 atom stereocenters. The lowest BCUT2D eigenvalue weighted by Crippen LogP contribution is -2.48. The molecule has 3 nitrogen and oxygen atoms in total. The van der Waals surface area contributed by atoms with Crippen molar-refractivity contribution in [1.29, 1.82) is 0 Å². The number of rotatable bonds is 3. The van der Waals surface area contributed by atoms with Crippen molar-refractivity contribution in [3.63, 3.8) is 0 Å². The Hall–Kier alpha value is -1.19. The van der Waals surface area contributed by atoms with E-state index in [1.165, 1.54) is 0 Å². The van der Waals surface area contributed by atoms with E-state index < -0.39 is 11.2 Å². The lowest BCUT2D eigenvalue weighted by Gasteiger charge is -2.29. The number of epoxide rings is 1. The predicted molar refractivity (Wildman–Crippen MR) is 63.0 cm³/mol. The van der Waals surface area contributed by atoms with Gasteiger partial charge in [-0.3, -0.25) is 4.79 Å². The van der Waals surface area contributed by atoms with Gasteiger partial charge in [0.25, 0.3) is 0 Å². The van der Waals surface area contributed by atoms with Crippen LogP contribution in [0.4, 0.5) is 0 Å². The fourth-order valence-corrected chi connectivity index (χ4v) is 2.67. The van der Waals surface area contributed by atoms with Gasteiger partial charge in [-0.2, -0.15) is 0 Å². The lowest BCUT2D eigenvalue weighted by atomic mass is 9.81. The highest BCUT2D eigenvalue weighted by Gasteiger charge is 2.66. The van der Waals surface area contributed by atoms with E-state index in [0.29, 0.717) is 12.2 Å². The van der Waals surface area contributed by atoms with E-state index in [1.807, 2.05) is 37.3 Å². The normalized spacial score (nSPS) is 35.8. The summed E-state index contributed by atoms with van der Waals surface area (Å²) >= 11 is 0. The number of benzene rings is 1. The molecule has 3 rings (SSSR count). The van der Waals surface area contributed by atoms with Crippen molar-refractivity contribution in [2.24, 2.45) is 0 Å². The minimum atomic E-state index is -0.731.